The standard InChI is InChI=1S/C22H24N4O2S/c1-25-19(15-10-11-15)24-20-18(21(25)28)23-22(29-20)26-13-5-8-16(26)17(27)12-9-14-6-3-2-4-7-14/h2-4,6-7,15-16H,5,8-13H2,1H3/t16-/m1/s1. The van der Waals surface area contributed by atoms with Crippen LogP contribution in [-0.2, 0) is 18.3 Å². The minimum absolute atomic E-state index is 0.0782. The molecule has 1 atom stereocenters. The number of carbonyl (C=O) groups is 1. The summed E-state index contributed by atoms with van der Waals surface area (Å²) in [7, 11) is 1.78. The summed E-state index contributed by atoms with van der Waals surface area (Å²) in [5.41, 5.74) is 1.54. The second-order valence-corrected chi connectivity index (χ2v) is 9.02. The summed E-state index contributed by atoms with van der Waals surface area (Å²) in [5.74, 6) is 1.53. The highest BCUT2D eigenvalue weighted by Gasteiger charge is 2.33. The summed E-state index contributed by atoms with van der Waals surface area (Å²) in [5, 5.41) is 0.758. The molecule has 1 aliphatic heterocycles. The van der Waals surface area contributed by atoms with Crippen LogP contribution in [0.25, 0.3) is 10.3 Å². The Morgan fingerprint density at radius 2 is 1.97 bits per heavy atom. The Morgan fingerprint density at radius 1 is 1.17 bits per heavy atom. The summed E-state index contributed by atoms with van der Waals surface area (Å²) in [6.45, 7) is 0.803. The van der Waals surface area contributed by atoms with Gasteiger partial charge >= 0.3 is 0 Å². The van der Waals surface area contributed by atoms with Crippen molar-refractivity contribution in [1.82, 2.24) is 14.5 Å². The van der Waals surface area contributed by atoms with Crippen LogP contribution >= 0.6 is 11.3 Å². The fraction of sp³-hybridized carbons (Fsp3) is 0.455. The Hall–Kier alpha value is -2.54. The predicted octanol–water partition coefficient (Wildman–Crippen LogP) is 3.44. The minimum Gasteiger partial charge on any atom is -0.338 e. The molecule has 2 fully saturated rings. The number of benzene rings is 1. The number of aryl methyl sites for hydroxylation is 1. The zero-order valence-electron chi connectivity index (χ0n) is 16.5. The second-order valence-electron chi connectivity index (χ2n) is 8.06. The lowest BCUT2D eigenvalue weighted by Crippen LogP contribution is -2.36. The Kier molecular flexibility index (Phi) is 4.70. The first kappa shape index (κ1) is 18.5. The van der Waals surface area contributed by atoms with Crippen LogP contribution in [0.5, 0.6) is 0 Å². The van der Waals surface area contributed by atoms with Gasteiger partial charge in [0.25, 0.3) is 5.56 Å². The van der Waals surface area contributed by atoms with Crippen molar-refractivity contribution in [3.05, 3.63) is 52.1 Å². The van der Waals surface area contributed by atoms with Crippen LogP contribution in [0, 0.1) is 0 Å². The van der Waals surface area contributed by atoms with Crippen molar-refractivity contribution >= 4 is 32.6 Å². The van der Waals surface area contributed by atoms with Crippen LogP contribution in [0.3, 0.4) is 0 Å². The number of thiazole rings is 1. The van der Waals surface area contributed by atoms with Crippen LogP contribution in [0.4, 0.5) is 5.13 Å². The van der Waals surface area contributed by atoms with Crippen LogP contribution in [-0.4, -0.2) is 32.9 Å². The summed E-state index contributed by atoms with van der Waals surface area (Å²) in [4.78, 5) is 37.9. The van der Waals surface area contributed by atoms with Gasteiger partial charge in [-0.1, -0.05) is 41.7 Å². The third kappa shape index (κ3) is 3.48. The van der Waals surface area contributed by atoms with E-state index in [1.54, 1.807) is 11.6 Å². The van der Waals surface area contributed by atoms with E-state index in [-0.39, 0.29) is 17.4 Å². The number of fused-ring (bicyclic) bond motifs is 1. The van der Waals surface area contributed by atoms with Gasteiger partial charge in [0.05, 0.1) is 6.04 Å². The molecule has 3 aromatic rings. The molecule has 0 unspecified atom stereocenters. The van der Waals surface area contributed by atoms with E-state index >= 15 is 0 Å². The maximum absolute atomic E-state index is 12.9. The van der Waals surface area contributed by atoms with Gasteiger partial charge in [0.15, 0.2) is 21.3 Å². The number of rotatable bonds is 6. The molecule has 0 bridgehead atoms. The number of aromatic nitrogens is 3. The largest absolute Gasteiger partial charge is 0.338 e. The normalized spacial score (nSPS) is 19.2. The Bertz CT molecular complexity index is 1120. The van der Waals surface area contributed by atoms with E-state index in [0.717, 1.165) is 49.6 Å². The van der Waals surface area contributed by atoms with Crippen molar-refractivity contribution in [2.75, 3.05) is 11.4 Å². The Balaban J connectivity index is 1.39. The average molecular weight is 409 g/mol. The molecule has 0 spiro atoms. The van der Waals surface area contributed by atoms with Gasteiger partial charge < -0.3 is 4.90 Å². The molecular formula is C22H24N4O2S. The van der Waals surface area contributed by atoms with E-state index in [2.05, 4.69) is 22.0 Å². The molecule has 3 heterocycles. The van der Waals surface area contributed by atoms with Gasteiger partial charge in [0, 0.05) is 25.9 Å². The highest BCUT2D eigenvalue weighted by Crippen LogP contribution is 2.39. The molecule has 0 amide bonds. The van der Waals surface area contributed by atoms with Gasteiger partial charge in [-0.15, -0.1) is 0 Å². The third-order valence-corrected chi connectivity index (χ3v) is 6.97. The smallest absolute Gasteiger partial charge is 0.280 e. The lowest BCUT2D eigenvalue weighted by atomic mass is 10.0. The lowest BCUT2D eigenvalue weighted by Gasteiger charge is -2.22. The summed E-state index contributed by atoms with van der Waals surface area (Å²) in [6, 6.07) is 9.98. The van der Waals surface area contributed by atoms with Gasteiger partial charge in [0.1, 0.15) is 5.82 Å². The van der Waals surface area contributed by atoms with Crippen LogP contribution in [0.1, 0.15) is 49.4 Å². The number of hydrogen-bond donors (Lipinski definition) is 0. The van der Waals surface area contributed by atoms with E-state index in [4.69, 9.17) is 4.98 Å². The SMILES string of the molecule is Cn1c(C2CC2)nc2sc(N3CCC[C@@H]3C(=O)CCc3ccccc3)nc2c1=O. The van der Waals surface area contributed by atoms with E-state index in [0.29, 0.717) is 22.7 Å². The molecule has 150 valence electrons. The molecule has 2 aromatic heterocycles. The third-order valence-electron chi connectivity index (χ3n) is 5.98. The monoisotopic (exact) mass is 408 g/mol. The van der Waals surface area contributed by atoms with E-state index in [1.165, 1.54) is 16.9 Å². The zero-order valence-corrected chi connectivity index (χ0v) is 17.3. The average Bonchev–Trinajstić information content (AvgIpc) is 3.30. The second kappa shape index (κ2) is 7.37. The van der Waals surface area contributed by atoms with Crippen molar-refractivity contribution in [1.29, 1.82) is 0 Å². The summed E-state index contributed by atoms with van der Waals surface area (Å²) >= 11 is 1.45. The van der Waals surface area contributed by atoms with Crippen LogP contribution in [0.15, 0.2) is 35.1 Å². The fourth-order valence-corrected chi connectivity index (χ4v) is 5.21. The molecule has 5 rings (SSSR count). The Labute approximate surface area is 173 Å². The number of ketones is 1. The molecule has 1 aromatic carbocycles. The predicted molar refractivity (Wildman–Crippen MR) is 115 cm³/mol. The molecule has 0 radical (unpaired) electrons. The number of hydrogen-bond acceptors (Lipinski definition) is 6. The zero-order chi connectivity index (χ0) is 20.0. The van der Waals surface area contributed by atoms with E-state index in [9.17, 15) is 9.59 Å². The first-order chi connectivity index (χ1) is 14.1. The highest BCUT2D eigenvalue weighted by molar-refractivity contribution is 7.21. The quantitative estimate of drug-likeness (QED) is 0.625. The van der Waals surface area contributed by atoms with Crippen molar-refractivity contribution in [3.63, 3.8) is 0 Å². The minimum atomic E-state index is -0.147. The van der Waals surface area contributed by atoms with Crippen LogP contribution < -0.4 is 10.5 Å². The molecular weight excluding hydrogens is 384 g/mol. The first-order valence-corrected chi connectivity index (χ1v) is 11.1. The number of anilines is 1. The summed E-state index contributed by atoms with van der Waals surface area (Å²) in [6.07, 6.45) is 5.31. The summed E-state index contributed by atoms with van der Waals surface area (Å²) < 4.78 is 1.65. The molecule has 2 aliphatic rings. The molecule has 1 saturated heterocycles. The lowest BCUT2D eigenvalue weighted by molar-refractivity contribution is -0.120. The fourth-order valence-electron chi connectivity index (χ4n) is 4.20. The van der Waals surface area contributed by atoms with Gasteiger partial charge in [-0.2, -0.15) is 0 Å². The molecule has 0 N–H and O–H groups in total. The molecule has 7 heteroatoms. The van der Waals surface area contributed by atoms with Gasteiger partial charge in [0.2, 0.25) is 0 Å². The van der Waals surface area contributed by atoms with Crippen molar-refractivity contribution in [2.45, 2.75) is 50.5 Å². The number of nitrogens with zero attached hydrogens (tertiary/aromatic N) is 4. The van der Waals surface area contributed by atoms with Crippen molar-refractivity contribution in [2.24, 2.45) is 7.05 Å². The van der Waals surface area contributed by atoms with E-state index in [1.807, 2.05) is 18.2 Å². The Morgan fingerprint density at radius 3 is 2.72 bits per heavy atom. The number of Topliss-reactive ketones (excluding diaryl/α,β-unsaturated/α-hetero) is 1. The molecule has 1 saturated carbocycles. The molecule has 1 aliphatic carbocycles. The number of carbonyl (C=O) groups excluding carboxylic acids is 1. The maximum Gasteiger partial charge on any atom is 0.280 e. The highest BCUT2D eigenvalue weighted by atomic mass is 32.1. The maximum atomic E-state index is 12.9. The van der Waals surface area contributed by atoms with Gasteiger partial charge in [-0.05, 0) is 37.7 Å². The topological polar surface area (TPSA) is 68.1 Å². The van der Waals surface area contributed by atoms with E-state index < -0.39 is 0 Å². The van der Waals surface area contributed by atoms with Gasteiger partial charge in [-0.25, -0.2) is 9.97 Å². The molecule has 29 heavy (non-hydrogen) atoms. The van der Waals surface area contributed by atoms with Crippen molar-refractivity contribution in [3.8, 4) is 0 Å². The van der Waals surface area contributed by atoms with Crippen LogP contribution in [0.2, 0.25) is 0 Å². The first-order valence-electron chi connectivity index (χ1n) is 10.3. The van der Waals surface area contributed by atoms with Crippen molar-refractivity contribution < 1.29 is 4.79 Å². The van der Waals surface area contributed by atoms with Gasteiger partial charge in [-0.3, -0.25) is 14.2 Å². The molecule has 6 nitrogen and oxygen atoms in total.